The molecule has 1 saturated heterocycles. The van der Waals surface area contributed by atoms with Gasteiger partial charge in [-0.2, -0.15) is 0 Å². The van der Waals surface area contributed by atoms with Gasteiger partial charge in [0.2, 0.25) is 17.6 Å². The number of likely N-dealkylation sites (tertiary alicyclic amines) is 1. The van der Waals surface area contributed by atoms with Crippen molar-refractivity contribution in [3.63, 3.8) is 0 Å². The number of likely N-dealkylation sites (N-methyl/N-ethyl adjacent to an activating group) is 1. The van der Waals surface area contributed by atoms with Crippen LogP contribution < -0.4 is 22.1 Å². The highest BCUT2D eigenvalue weighted by atomic mass is 32.1. The van der Waals surface area contributed by atoms with Crippen molar-refractivity contribution < 1.29 is 14.4 Å². The molecule has 0 spiro atoms. The molecule has 11 heteroatoms. The highest BCUT2D eigenvalue weighted by molar-refractivity contribution is 7.20. The summed E-state index contributed by atoms with van der Waals surface area (Å²) in [7, 11) is 1.83. The lowest BCUT2D eigenvalue weighted by Gasteiger charge is -2.34. The van der Waals surface area contributed by atoms with Gasteiger partial charge in [-0.1, -0.05) is 31.4 Å². The molecular formula is C27H39N7O3S. The Morgan fingerprint density at radius 1 is 1.13 bits per heavy atom. The molecule has 1 aromatic heterocycles. The van der Waals surface area contributed by atoms with Crippen LogP contribution in [0.2, 0.25) is 0 Å². The van der Waals surface area contributed by atoms with E-state index >= 15 is 0 Å². The summed E-state index contributed by atoms with van der Waals surface area (Å²) in [4.78, 5) is 50.9. The molecule has 0 bridgehead atoms. The van der Waals surface area contributed by atoms with E-state index in [0.29, 0.717) is 37.4 Å². The average molecular weight is 542 g/mol. The van der Waals surface area contributed by atoms with Crippen LogP contribution in [0.5, 0.6) is 0 Å². The Bertz CT molecular complexity index is 1120. The predicted molar refractivity (Wildman–Crippen MR) is 150 cm³/mol. The monoisotopic (exact) mass is 541 g/mol. The minimum atomic E-state index is -0.784. The maximum atomic E-state index is 13.6. The lowest BCUT2D eigenvalue weighted by Crippen LogP contribution is -2.56. The summed E-state index contributed by atoms with van der Waals surface area (Å²) in [5.74, 6) is -0.278. The second-order valence-corrected chi connectivity index (χ2v) is 11.2. The molecule has 1 aliphatic heterocycles. The summed E-state index contributed by atoms with van der Waals surface area (Å²) >= 11 is 1.31. The highest BCUT2D eigenvalue weighted by Gasteiger charge is 2.40. The molecule has 2 amide bonds. The SMILES string of the molecule is CN[C@@H](C(=O)N1CCC[C@H]1C(=O)N[C@@H](CCCN=C(N)N)C(=O)c1nc2ccccc2s1)C1CCCCC1. The van der Waals surface area contributed by atoms with Crippen molar-refractivity contribution in [3.05, 3.63) is 29.3 Å². The van der Waals surface area contributed by atoms with Crippen LogP contribution in [0, 0.1) is 5.92 Å². The Labute approximate surface area is 227 Å². The predicted octanol–water partition coefficient (Wildman–Crippen LogP) is 2.18. The van der Waals surface area contributed by atoms with Crippen molar-refractivity contribution in [2.75, 3.05) is 20.1 Å². The Morgan fingerprint density at radius 2 is 1.89 bits per heavy atom. The van der Waals surface area contributed by atoms with Gasteiger partial charge in [-0.15, -0.1) is 11.3 Å². The number of hydrogen-bond acceptors (Lipinski definition) is 7. The summed E-state index contributed by atoms with van der Waals surface area (Å²) in [6.45, 7) is 0.893. The van der Waals surface area contributed by atoms with Crippen molar-refractivity contribution >= 4 is 45.1 Å². The minimum Gasteiger partial charge on any atom is -0.370 e. The van der Waals surface area contributed by atoms with E-state index in [0.717, 1.165) is 42.3 Å². The number of hydrogen-bond donors (Lipinski definition) is 4. The van der Waals surface area contributed by atoms with Crippen LogP contribution in [-0.4, -0.2) is 71.7 Å². The van der Waals surface area contributed by atoms with Gasteiger partial charge in [0.1, 0.15) is 6.04 Å². The minimum absolute atomic E-state index is 0.0137. The van der Waals surface area contributed by atoms with E-state index in [2.05, 4.69) is 20.6 Å². The van der Waals surface area contributed by atoms with E-state index in [9.17, 15) is 14.4 Å². The molecule has 10 nitrogen and oxygen atoms in total. The summed E-state index contributed by atoms with van der Waals surface area (Å²) in [6, 6.07) is 5.90. The van der Waals surface area contributed by atoms with Crippen LogP contribution in [-0.2, 0) is 9.59 Å². The molecule has 1 aliphatic carbocycles. The van der Waals surface area contributed by atoms with Crippen LogP contribution in [0.25, 0.3) is 10.2 Å². The smallest absolute Gasteiger partial charge is 0.243 e. The molecule has 1 aromatic carbocycles. The zero-order chi connectivity index (χ0) is 27.1. The number of Topliss-reactive ketones (excluding diaryl/α,β-unsaturated/α-hetero) is 1. The Hall–Kier alpha value is -3.05. The molecule has 2 heterocycles. The number of guanidine groups is 1. The maximum absolute atomic E-state index is 13.6. The molecule has 2 aliphatic rings. The zero-order valence-electron chi connectivity index (χ0n) is 22.0. The van der Waals surface area contributed by atoms with Gasteiger partial charge in [0.25, 0.3) is 0 Å². The second-order valence-electron chi connectivity index (χ2n) is 10.2. The molecule has 38 heavy (non-hydrogen) atoms. The van der Waals surface area contributed by atoms with E-state index in [-0.39, 0.29) is 35.5 Å². The number of amides is 2. The molecule has 6 N–H and O–H groups in total. The van der Waals surface area contributed by atoms with Gasteiger partial charge in [-0.25, -0.2) is 4.98 Å². The fourth-order valence-electron chi connectivity index (χ4n) is 5.68. The average Bonchev–Trinajstić information content (AvgIpc) is 3.58. The van der Waals surface area contributed by atoms with Gasteiger partial charge in [0.15, 0.2) is 11.0 Å². The summed E-state index contributed by atoms with van der Waals surface area (Å²) in [5, 5.41) is 6.54. The Balaban J connectivity index is 1.48. The number of aromatic nitrogens is 1. The summed E-state index contributed by atoms with van der Waals surface area (Å²) in [6.07, 6.45) is 7.73. The number of ketones is 1. The normalized spacial score (nSPS) is 19.7. The van der Waals surface area contributed by atoms with Gasteiger partial charge >= 0.3 is 0 Å². The maximum Gasteiger partial charge on any atom is 0.243 e. The lowest BCUT2D eigenvalue weighted by molar-refractivity contribution is -0.141. The number of rotatable bonds is 11. The summed E-state index contributed by atoms with van der Waals surface area (Å²) < 4.78 is 0.912. The number of nitrogens with two attached hydrogens (primary N) is 2. The number of carbonyl (C=O) groups excluding carboxylic acids is 3. The molecule has 1 saturated carbocycles. The van der Waals surface area contributed by atoms with E-state index in [1.54, 1.807) is 4.90 Å². The van der Waals surface area contributed by atoms with Gasteiger partial charge in [0, 0.05) is 13.1 Å². The molecule has 0 unspecified atom stereocenters. The van der Waals surface area contributed by atoms with Gasteiger partial charge in [0.05, 0.1) is 22.3 Å². The van der Waals surface area contributed by atoms with E-state index in [1.165, 1.54) is 17.8 Å². The van der Waals surface area contributed by atoms with Crippen molar-refractivity contribution in [2.45, 2.75) is 75.9 Å². The van der Waals surface area contributed by atoms with Crippen molar-refractivity contribution in [2.24, 2.45) is 22.4 Å². The molecular weight excluding hydrogens is 502 g/mol. The van der Waals surface area contributed by atoms with Gasteiger partial charge < -0.3 is 27.0 Å². The zero-order valence-corrected chi connectivity index (χ0v) is 22.8. The van der Waals surface area contributed by atoms with Crippen LogP contribution in [0.15, 0.2) is 29.3 Å². The number of aliphatic imine (C=N–C) groups is 1. The molecule has 0 radical (unpaired) electrons. The van der Waals surface area contributed by atoms with Crippen molar-refractivity contribution in [1.29, 1.82) is 0 Å². The first kappa shape index (κ1) is 28.0. The van der Waals surface area contributed by atoms with E-state index in [4.69, 9.17) is 11.5 Å². The molecule has 2 fully saturated rings. The van der Waals surface area contributed by atoms with Crippen LogP contribution in [0.1, 0.15) is 67.6 Å². The number of benzene rings is 1. The first-order valence-corrected chi connectivity index (χ1v) is 14.4. The second kappa shape index (κ2) is 13.1. The molecule has 206 valence electrons. The third-order valence-corrected chi connectivity index (χ3v) is 8.67. The summed E-state index contributed by atoms with van der Waals surface area (Å²) in [5.41, 5.74) is 11.6. The van der Waals surface area contributed by atoms with Crippen molar-refractivity contribution in [3.8, 4) is 0 Å². The standard InChI is InChI=1S/C27H39N7O3S/c1-30-22(17-9-3-2-4-10-17)26(37)34-16-8-13-20(34)24(36)32-19(12-7-15-31-27(28)29)23(35)25-33-18-11-5-6-14-21(18)38-25/h5-6,11,14,17,19-20,22,30H,2-4,7-10,12-13,15-16H2,1H3,(H,32,36)(H4,28,29,31)/t19-,20-,22+/m0/s1. The van der Waals surface area contributed by atoms with Crippen LogP contribution in [0.4, 0.5) is 0 Å². The largest absolute Gasteiger partial charge is 0.370 e. The molecule has 4 rings (SSSR count). The lowest BCUT2D eigenvalue weighted by atomic mass is 9.83. The number of nitrogens with zero attached hydrogens (tertiary/aromatic N) is 3. The Kier molecular flexibility index (Phi) is 9.68. The third-order valence-electron chi connectivity index (χ3n) is 7.62. The number of carbonyl (C=O) groups is 3. The fraction of sp³-hybridized carbons (Fsp3) is 0.593. The highest BCUT2D eigenvalue weighted by Crippen LogP contribution is 2.29. The number of thiazole rings is 1. The van der Waals surface area contributed by atoms with Crippen molar-refractivity contribution in [1.82, 2.24) is 20.5 Å². The first-order valence-electron chi connectivity index (χ1n) is 13.6. The number of nitrogens with one attached hydrogen (secondary N) is 2. The van der Waals surface area contributed by atoms with Crippen LogP contribution >= 0.6 is 11.3 Å². The quantitative estimate of drug-likeness (QED) is 0.147. The topological polar surface area (TPSA) is 156 Å². The third kappa shape index (κ3) is 6.68. The number of fused-ring (bicyclic) bond motifs is 1. The Morgan fingerprint density at radius 3 is 2.61 bits per heavy atom. The number of para-hydroxylation sites is 1. The first-order chi connectivity index (χ1) is 18.4. The van der Waals surface area contributed by atoms with E-state index < -0.39 is 12.1 Å². The van der Waals surface area contributed by atoms with E-state index in [1.807, 2.05) is 31.3 Å². The van der Waals surface area contributed by atoms with Gasteiger partial charge in [-0.3, -0.25) is 19.4 Å². The van der Waals surface area contributed by atoms with Crippen LogP contribution in [0.3, 0.4) is 0 Å². The molecule has 3 atom stereocenters. The fourth-order valence-corrected chi connectivity index (χ4v) is 6.64. The molecule has 2 aromatic rings. The van der Waals surface area contributed by atoms with Gasteiger partial charge in [-0.05, 0) is 63.6 Å².